The number of aromatic nitrogens is 4. The van der Waals surface area contributed by atoms with Gasteiger partial charge >= 0.3 is 0 Å². The van der Waals surface area contributed by atoms with Crippen molar-refractivity contribution in [1.29, 1.82) is 0 Å². The Morgan fingerprint density at radius 2 is 1.82 bits per heavy atom. The van der Waals surface area contributed by atoms with Crippen molar-refractivity contribution in [2.45, 2.75) is 13.0 Å². The molecule has 2 aliphatic heterocycles. The van der Waals surface area contributed by atoms with Crippen molar-refractivity contribution < 1.29 is 14.9 Å². The van der Waals surface area contributed by atoms with E-state index >= 15 is 0 Å². The van der Waals surface area contributed by atoms with Crippen LogP contribution in [-0.4, -0.2) is 82.6 Å². The molecule has 1 aromatic carbocycles. The van der Waals surface area contributed by atoms with Gasteiger partial charge in [0.25, 0.3) is 0 Å². The predicted molar refractivity (Wildman–Crippen MR) is 152 cm³/mol. The summed E-state index contributed by atoms with van der Waals surface area (Å²) in [6, 6.07) is 9.72. The Hall–Kier alpha value is -3.60. The lowest BCUT2D eigenvalue weighted by Crippen LogP contribution is -2.47. The van der Waals surface area contributed by atoms with Crippen LogP contribution in [0, 0.1) is 5.92 Å². The van der Waals surface area contributed by atoms with Gasteiger partial charge in [-0.05, 0) is 36.2 Å². The molecule has 6 rings (SSSR count). The average Bonchev–Trinajstić information content (AvgIpc) is 3.64. The van der Waals surface area contributed by atoms with E-state index in [-0.39, 0.29) is 13.2 Å². The summed E-state index contributed by atoms with van der Waals surface area (Å²) in [6.07, 6.45) is 6.77. The molecule has 0 aliphatic carbocycles. The molecule has 3 aromatic heterocycles. The summed E-state index contributed by atoms with van der Waals surface area (Å²) < 4.78 is 7.28. The quantitative estimate of drug-likeness (QED) is 0.360. The first-order valence-corrected chi connectivity index (χ1v) is 13.6. The SMILES string of the molecule is COc1cc(CO)c(-c2cn3ccc(N4CCN(c5ccnc(N6CCC(CO)C6)n5)CC4)cc3n2)cc1Cl. The minimum Gasteiger partial charge on any atom is -0.495 e. The van der Waals surface area contributed by atoms with E-state index in [9.17, 15) is 10.2 Å². The van der Waals surface area contributed by atoms with E-state index in [1.165, 1.54) is 0 Å². The second-order valence-electron chi connectivity index (χ2n) is 10.1. The summed E-state index contributed by atoms with van der Waals surface area (Å²) in [5.74, 6) is 2.52. The number of ether oxygens (including phenoxy) is 1. The van der Waals surface area contributed by atoms with Crippen LogP contribution in [0.15, 0.2) is 48.9 Å². The highest BCUT2D eigenvalue weighted by Gasteiger charge is 2.25. The van der Waals surface area contributed by atoms with E-state index in [1.807, 2.05) is 29.1 Å². The number of rotatable bonds is 7. The third kappa shape index (κ3) is 5.07. The van der Waals surface area contributed by atoms with Crippen molar-refractivity contribution in [2.75, 3.05) is 67.7 Å². The van der Waals surface area contributed by atoms with Crippen LogP contribution in [0.4, 0.5) is 17.5 Å². The number of halogens is 1. The number of methoxy groups -OCH3 is 1. The molecule has 0 radical (unpaired) electrons. The van der Waals surface area contributed by atoms with Gasteiger partial charge in [-0.15, -0.1) is 0 Å². The molecule has 1 atom stereocenters. The second kappa shape index (κ2) is 10.9. The number of fused-ring (bicyclic) bond motifs is 1. The number of aliphatic hydroxyl groups excluding tert-OH is 2. The maximum absolute atomic E-state index is 9.91. The second-order valence-corrected chi connectivity index (χ2v) is 10.5. The number of anilines is 3. The molecule has 204 valence electrons. The minimum absolute atomic E-state index is 0.138. The van der Waals surface area contributed by atoms with Crippen molar-refractivity contribution in [1.82, 2.24) is 19.4 Å². The summed E-state index contributed by atoms with van der Waals surface area (Å²) >= 11 is 6.37. The number of aliphatic hydroxyl groups is 2. The van der Waals surface area contributed by atoms with E-state index in [1.54, 1.807) is 19.2 Å². The molecule has 4 aromatic rings. The van der Waals surface area contributed by atoms with Crippen LogP contribution in [0.5, 0.6) is 5.75 Å². The molecule has 10 nitrogen and oxygen atoms in total. The zero-order chi connectivity index (χ0) is 26.9. The van der Waals surface area contributed by atoms with Gasteiger partial charge in [0.1, 0.15) is 17.2 Å². The van der Waals surface area contributed by atoms with Crippen molar-refractivity contribution >= 4 is 34.7 Å². The smallest absolute Gasteiger partial charge is 0.227 e. The third-order valence-corrected chi connectivity index (χ3v) is 7.99. The van der Waals surface area contributed by atoms with E-state index in [4.69, 9.17) is 26.3 Å². The Morgan fingerprint density at radius 3 is 2.56 bits per heavy atom. The van der Waals surface area contributed by atoms with Gasteiger partial charge in [0, 0.05) is 87.7 Å². The van der Waals surface area contributed by atoms with Crippen LogP contribution >= 0.6 is 11.6 Å². The maximum atomic E-state index is 9.91. The van der Waals surface area contributed by atoms with E-state index < -0.39 is 0 Å². The number of benzene rings is 1. The Morgan fingerprint density at radius 1 is 1.00 bits per heavy atom. The summed E-state index contributed by atoms with van der Waals surface area (Å²) in [4.78, 5) is 21.0. The first kappa shape index (κ1) is 25.7. The molecule has 39 heavy (non-hydrogen) atoms. The van der Waals surface area contributed by atoms with Crippen molar-refractivity contribution in [3.05, 3.63) is 59.5 Å². The summed E-state index contributed by atoms with van der Waals surface area (Å²) in [6.45, 7) is 5.19. The molecule has 2 fully saturated rings. The first-order chi connectivity index (χ1) is 19.1. The Bertz CT molecular complexity index is 1470. The van der Waals surface area contributed by atoms with Crippen LogP contribution in [0.3, 0.4) is 0 Å². The van der Waals surface area contributed by atoms with Crippen molar-refractivity contribution in [2.24, 2.45) is 5.92 Å². The largest absolute Gasteiger partial charge is 0.495 e. The van der Waals surface area contributed by atoms with Crippen LogP contribution in [0.2, 0.25) is 5.02 Å². The highest BCUT2D eigenvalue weighted by Crippen LogP contribution is 2.34. The van der Waals surface area contributed by atoms with Crippen molar-refractivity contribution in [3.63, 3.8) is 0 Å². The fraction of sp³-hybridized carbons (Fsp3) is 0.393. The van der Waals surface area contributed by atoms with Crippen LogP contribution in [0.1, 0.15) is 12.0 Å². The van der Waals surface area contributed by atoms with Crippen molar-refractivity contribution in [3.8, 4) is 17.0 Å². The van der Waals surface area contributed by atoms with Crippen LogP contribution < -0.4 is 19.4 Å². The lowest BCUT2D eigenvalue weighted by molar-refractivity contribution is 0.238. The van der Waals surface area contributed by atoms with Gasteiger partial charge < -0.3 is 34.1 Å². The number of pyridine rings is 1. The topological polar surface area (TPSA) is 102 Å². The molecule has 0 bridgehead atoms. The van der Waals surface area contributed by atoms with E-state index in [2.05, 4.69) is 31.8 Å². The van der Waals surface area contributed by atoms with Gasteiger partial charge in [-0.2, -0.15) is 4.98 Å². The molecule has 2 saturated heterocycles. The predicted octanol–water partition coefficient (Wildman–Crippen LogP) is 3.09. The Balaban J connectivity index is 1.16. The molecular formula is C28H32ClN7O3. The number of nitrogens with zero attached hydrogens (tertiary/aromatic N) is 7. The number of piperazine rings is 1. The fourth-order valence-electron chi connectivity index (χ4n) is 5.44. The van der Waals surface area contributed by atoms with Crippen LogP contribution in [0.25, 0.3) is 16.9 Å². The standard InChI is InChI=1S/C28H32ClN7O3/c1-39-25-12-20(18-38)22(14-23(25)29)24-16-35-7-4-21(13-27(35)31-24)33-8-10-34(11-9-33)26-2-5-30-28(32-26)36-6-3-19(15-36)17-37/h2,4-5,7,12-14,16,19,37-38H,3,6,8-11,15,17-18H2,1H3. The zero-order valence-corrected chi connectivity index (χ0v) is 22.6. The van der Waals surface area contributed by atoms with Gasteiger partial charge in [0.15, 0.2) is 0 Å². The monoisotopic (exact) mass is 549 g/mol. The number of imidazole rings is 1. The Labute approximate surface area is 232 Å². The fourth-order valence-corrected chi connectivity index (χ4v) is 5.68. The third-order valence-electron chi connectivity index (χ3n) is 7.69. The molecule has 1 unspecified atom stereocenters. The summed E-state index contributed by atoms with van der Waals surface area (Å²) in [7, 11) is 1.56. The molecule has 11 heteroatoms. The van der Waals surface area contributed by atoms with Gasteiger partial charge in [-0.25, -0.2) is 9.97 Å². The van der Waals surface area contributed by atoms with Gasteiger partial charge in [0.05, 0.1) is 24.4 Å². The van der Waals surface area contributed by atoms with E-state index in [0.29, 0.717) is 22.3 Å². The normalized spacial score (nSPS) is 17.8. The summed E-state index contributed by atoms with van der Waals surface area (Å²) in [5, 5.41) is 19.9. The maximum Gasteiger partial charge on any atom is 0.227 e. The molecule has 5 heterocycles. The number of hydrogen-bond donors (Lipinski definition) is 2. The highest BCUT2D eigenvalue weighted by atomic mass is 35.5. The molecule has 0 spiro atoms. The van der Waals surface area contributed by atoms with Gasteiger partial charge in [-0.1, -0.05) is 11.6 Å². The zero-order valence-electron chi connectivity index (χ0n) is 21.9. The summed E-state index contributed by atoms with van der Waals surface area (Å²) in [5.41, 5.74) is 4.18. The van der Waals surface area contributed by atoms with E-state index in [0.717, 1.165) is 80.0 Å². The first-order valence-electron chi connectivity index (χ1n) is 13.2. The highest BCUT2D eigenvalue weighted by molar-refractivity contribution is 6.32. The van der Waals surface area contributed by atoms with Gasteiger partial charge in [-0.3, -0.25) is 0 Å². The molecule has 2 N–H and O–H groups in total. The molecule has 2 aliphatic rings. The molecule has 0 amide bonds. The molecule has 0 saturated carbocycles. The lowest BCUT2D eigenvalue weighted by atomic mass is 10.1. The lowest BCUT2D eigenvalue weighted by Gasteiger charge is -2.36. The minimum atomic E-state index is -0.138. The van der Waals surface area contributed by atoms with Crippen LogP contribution in [-0.2, 0) is 6.61 Å². The Kier molecular flexibility index (Phi) is 7.16. The average molecular weight is 550 g/mol. The molecular weight excluding hydrogens is 518 g/mol. The van der Waals surface area contributed by atoms with Gasteiger partial charge in [0.2, 0.25) is 5.95 Å². The number of hydrogen-bond acceptors (Lipinski definition) is 9.